The van der Waals surface area contributed by atoms with Crippen LogP contribution in [0.2, 0.25) is 0 Å². The van der Waals surface area contributed by atoms with Gasteiger partial charge in [0.1, 0.15) is 17.5 Å². The van der Waals surface area contributed by atoms with Gasteiger partial charge in [-0.05, 0) is 12.1 Å². The molecule has 1 unspecified atom stereocenters. The van der Waals surface area contributed by atoms with E-state index in [1.807, 2.05) is 0 Å². The van der Waals surface area contributed by atoms with E-state index in [4.69, 9.17) is 14.2 Å². The van der Waals surface area contributed by atoms with Crippen molar-refractivity contribution in [2.75, 3.05) is 26.6 Å². The van der Waals surface area contributed by atoms with Gasteiger partial charge in [-0.3, -0.25) is 0 Å². The van der Waals surface area contributed by atoms with Crippen molar-refractivity contribution < 1.29 is 23.8 Å². The summed E-state index contributed by atoms with van der Waals surface area (Å²) in [4.78, 5) is 30.9. The molecular weight excluding hydrogens is 328 g/mol. The van der Waals surface area contributed by atoms with E-state index in [1.165, 1.54) is 27.7 Å². The molecule has 0 aliphatic heterocycles. The minimum atomic E-state index is -0.866. The smallest absolute Gasteiger partial charge is 0.328 e. The summed E-state index contributed by atoms with van der Waals surface area (Å²) in [6.07, 6.45) is 3.29. The van der Waals surface area contributed by atoms with Crippen LogP contribution in [0.25, 0.3) is 0 Å². The van der Waals surface area contributed by atoms with Crippen LogP contribution in [0.1, 0.15) is 5.69 Å². The number of esters is 1. The third kappa shape index (κ3) is 4.87. The molecule has 0 bridgehead atoms. The molecule has 1 aromatic carbocycles. The molecule has 2 amide bonds. The van der Waals surface area contributed by atoms with Crippen LogP contribution in [0.3, 0.4) is 0 Å². The van der Waals surface area contributed by atoms with E-state index in [-0.39, 0.29) is 6.42 Å². The maximum absolute atomic E-state index is 12.3. The van der Waals surface area contributed by atoms with E-state index < -0.39 is 18.0 Å². The van der Waals surface area contributed by atoms with Gasteiger partial charge < -0.3 is 29.8 Å². The predicted molar refractivity (Wildman–Crippen MR) is 89.8 cm³/mol. The van der Waals surface area contributed by atoms with Crippen LogP contribution < -0.4 is 20.1 Å². The van der Waals surface area contributed by atoms with Crippen LogP contribution in [0.4, 0.5) is 10.5 Å². The van der Waals surface area contributed by atoms with Gasteiger partial charge in [-0.2, -0.15) is 0 Å². The number of benzene rings is 1. The Labute approximate surface area is 144 Å². The van der Waals surface area contributed by atoms with Gasteiger partial charge in [0.05, 0.1) is 33.3 Å². The second-order valence-corrected chi connectivity index (χ2v) is 5.02. The maximum atomic E-state index is 12.3. The quantitative estimate of drug-likeness (QED) is 0.651. The van der Waals surface area contributed by atoms with Gasteiger partial charge in [0.2, 0.25) is 0 Å². The summed E-state index contributed by atoms with van der Waals surface area (Å²) in [7, 11) is 4.27. The standard InChI is InChI=1S/C16H20N4O5/c1-23-11-4-5-12(14(7-11)24-2)19-16(22)20-13(15(21)25-3)6-10-8-17-9-18-10/h4-5,7-9,13H,6H2,1-3H3,(H,17,18)(H2,19,20,22). The third-order valence-corrected chi connectivity index (χ3v) is 3.43. The van der Waals surface area contributed by atoms with Gasteiger partial charge in [-0.25, -0.2) is 14.6 Å². The number of nitrogens with zero attached hydrogens (tertiary/aromatic N) is 1. The Morgan fingerprint density at radius 2 is 2.04 bits per heavy atom. The number of carbonyl (C=O) groups excluding carboxylic acids is 2. The molecule has 2 rings (SSSR count). The Hall–Kier alpha value is -3.23. The number of carbonyl (C=O) groups is 2. The average Bonchev–Trinajstić information content (AvgIpc) is 3.13. The fourth-order valence-electron chi connectivity index (χ4n) is 2.17. The van der Waals surface area contributed by atoms with Crippen molar-refractivity contribution in [3.05, 3.63) is 36.4 Å². The summed E-state index contributed by atoms with van der Waals surface area (Å²) in [6, 6.07) is 3.52. The monoisotopic (exact) mass is 348 g/mol. The summed E-state index contributed by atoms with van der Waals surface area (Å²) < 4.78 is 15.1. The second kappa shape index (κ2) is 8.57. The summed E-state index contributed by atoms with van der Waals surface area (Å²) in [5.74, 6) is 0.457. The third-order valence-electron chi connectivity index (χ3n) is 3.43. The van der Waals surface area contributed by atoms with E-state index in [0.717, 1.165) is 0 Å². The Morgan fingerprint density at radius 1 is 1.24 bits per heavy atom. The molecule has 0 saturated heterocycles. The lowest BCUT2D eigenvalue weighted by molar-refractivity contribution is -0.142. The van der Waals surface area contributed by atoms with Crippen molar-refractivity contribution in [2.24, 2.45) is 0 Å². The normalized spacial score (nSPS) is 11.3. The zero-order chi connectivity index (χ0) is 18.2. The first-order valence-corrected chi connectivity index (χ1v) is 7.42. The van der Waals surface area contributed by atoms with Gasteiger partial charge in [0, 0.05) is 24.4 Å². The second-order valence-electron chi connectivity index (χ2n) is 5.02. The predicted octanol–water partition coefficient (Wildman–Crippen LogP) is 1.33. The lowest BCUT2D eigenvalue weighted by atomic mass is 10.1. The van der Waals surface area contributed by atoms with E-state index >= 15 is 0 Å². The highest BCUT2D eigenvalue weighted by atomic mass is 16.5. The number of aromatic amines is 1. The highest BCUT2D eigenvalue weighted by Crippen LogP contribution is 2.28. The summed E-state index contributed by atoms with van der Waals surface area (Å²) in [5.41, 5.74) is 1.13. The molecule has 0 aliphatic rings. The largest absolute Gasteiger partial charge is 0.497 e. The first kappa shape index (κ1) is 18.1. The van der Waals surface area contributed by atoms with Crippen LogP contribution >= 0.6 is 0 Å². The number of rotatable bonds is 7. The molecule has 0 spiro atoms. The SMILES string of the molecule is COC(=O)C(Cc1cnc[nH]1)NC(=O)Nc1ccc(OC)cc1OC. The molecule has 9 nitrogen and oxygen atoms in total. The topological polar surface area (TPSA) is 115 Å². The minimum Gasteiger partial charge on any atom is -0.497 e. The van der Waals surface area contributed by atoms with Crippen molar-refractivity contribution >= 4 is 17.7 Å². The summed E-state index contributed by atoms with van der Waals surface area (Å²) in [6.45, 7) is 0. The number of aromatic nitrogens is 2. The van der Waals surface area contributed by atoms with Crippen LogP contribution in [0.15, 0.2) is 30.7 Å². The number of nitrogens with one attached hydrogen (secondary N) is 3. The fraction of sp³-hybridized carbons (Fsp3) is 0.312. The van der Waals surface area contributed by atoms with Crippen LogP contribution in [0.5, 0.6) is 11.5 Å². The molecule has 134 valence electrons. The van der Waals surface area contributed by atoms with Crippen molar-refractivity contribution in [1.29, 1.82) is 0 Å². The molecule has 1 heterocycles. The molecule has 0 fully saturated rings. The zero-order valence-corrected chi connectivity index (χ0v) is 14.2. The molecular formula is C16H20N4O5. The van der Waals surface area contributed by atoms with Crippen molar-refractivity contribution in [3.8, 4) is 11.5 Å². The van der Waals surface area contributed by atoms with Gasteiger partial charge >= 0.3 is 12.0 Å². The van der Waals surface area contributed by atoms with Gasteiger partial charge in [-0.1, -0.05) is 0 Å². The van der Waals surface area contributed by atoms with Crippen molar-refractivity contribution in [3.63, 3.8) is 0 Å². The number of anilines is 1. The maximum Gasteiger partial charge on any atom is 0.328 e. The van der Waals surface area contributed by atoms with E-state index in [0.29, 0.717) is 22.9 Å². The van der Waals surface area contributed by atoms with Gasteiger partial charge in [-0.15, -0.1) is 0 Å². The molecule has 0 radical (unpaired) electrons. The van der Waals surface area contributed by atoms with E-state index in [1.54, 1.807) is 24.4 Å². The number of imidazole rings is 1. The van der Waals surface area contributed by atoms with E-state index in [2.05, 4.69) is 20.6 Å². The fourth-order valence-corrected chi connectivity index (χ4v) is 2.17. The highest BCUT2D eigenvalue weighted by molar-refractivity contribution is 5.94. The molecule has 0 aliphatic carbocycles. The molecule has 3 N–H and O–H groups in total. The van der Waals surface area contributed by atoms with Crippen LogP contribution in [0, 0.1) is 0 Å². The first-order chi connectivity index (χ1) is 12.1. The number of amides is 2. The molecule has 25 heavy (non-hydrogen) atoms. The number of ether oxygens (including phenoxy) is 3. The number of urea groups is 1. The lowest BCUT2D eigenvalue weighted by Crippen LogP contribution is -2.45. The van der Waals surface area contributed by atoms with Crippen molar-refractivity contribution in [2.45, 2.75) is 12.5 Å². The Bertz CT molecular complexity index is 717. The Kier molecular flexibility index (Phi) is 6.21. The Balaban J connectivity index is 2.06. The number of hydrogen-bond acceptors (Lipinski definition) is 6. The minimum absolute atomic E-state index is 0.222. The van der Waals surface area contributed by atoms with E-state index in [9.17, 15) is 9.59 Å². The molecule has 1 aromatic heterocycles. The summed E-state index contributed by atoms with van der Waals surface area (Å²) >= 11 is 0. The molecule has 2 aromatic rings. The molecule has 9 heteroatoms. The molecule has 0 saturated carbocycles. The first-order valence-electron chi connectivity index (χ1n) is 7.42. The highest BCUT2D eigenvalue weighted by Gasteiger charge is 2.23. The Morgan fingerprint density at radius 3 is 2.64 bits per heavy atom. The zero-order valence-electron chi connectivity index (χ0n) is 14.2. The van der Waals surface area contributed by atoms with Gasteiger partial charge in [0.25, 0.3) is 0 Å². The van der Waals surface area contributed by atoms with Gasteiger partial charge in [0.15, 0.2) is 0 Å². The number of methoxy groups -OCH3 is 3. The van der Waals surface area contributed by atoms with Crippen LogP contribution in [-0.4, -0.2) is 49.3 Å². The number of hydrogen-bond donors (Lipinski definition) is 3. The lowest BCUT2D eigenvalue weighted by Gasteiger charge is -2.17. The van der Waals surface area contributed by atoms with Crippen molar-refractivity contribution in [1.82, 2.24) is 15.3 Å². The average molecular weight is 348 g/mol. The van der Waals surface area contributed by atoms with Crippen LogP contribution in [-0.2, 0) is 16.0 Å². The summed E-state index contributed by atoms with van der Waals surface area (Å²) in [5, 5.41) is 5.21. The number of H-pyrrole nitrogens is 1. The molecule has 1 atom stereocenters.